The van der Waals surface area contributed by atoms with Crippen molar-refractivity contribution in [2.45, 2.75) is 59.8 Å². The summed E-state index contributed by atoms with van der Waals surface area (Å²) in [7, 11) is 0. The Balaban J connectivity index is 1.70. The van der Waals surface area contributed by atoms with Crippen LogP contribution in [0.15, 0.2) is 23.8 Å². The molecule has 2 heteroatoms. The summed E-state index contributed by atoms with van der Waals surface area (Å²) in [4.78, 5) is 15.3. The topological polar surface area (TPSA) is 20.3 Å². The maximum Gasteiger partial charge on any atom is 0.226 e. The van der Waals surface area contributed by atoms with Crippen molar-refractivity contribution in [3.8, 4) is 0 Å². The quantitative estimate of drug-likeness (QED) is 0.684. The summed E-state index contributed by atoms with van der Waals surface area (Å²) in [5.74, 6) is 1.06. The van der Waals surface area contributed by atoms with Gasteiger partial charge in [0.2, 0.25) is 5.91 Å². The van der Waals surface area contributed by atoms with Gasteiger partial charge in [-0.1, -0.05) is 37.6 Å². The zero-order chi connectivity index (χ0) is 16.0. The summed E-state index contributed by atoms with van der Waals surface area (Å²) >= 11 is 0. The van der Waals surface area contributed by atoms with E-state index in [1.807, 2.05) is 0 Å². The molecule has 122 valence electrons. The van der Waals surface area contributed by atoms with Crippen molar-refractivity contribution in [2.24, 2.45) is 22.7 Å². The van der Waals surface area contributed by atoms with Crippen molar-refractivity contribution in [3.05, 3.63) is 23.8 Å². The largest absolute Gasteiger partial charge is 0.342 e. The Morgan fingerprint density at radius 1 is 1.23 bits per heavy atom. The van der Waals surface area contributed by atoms with E-state index in [2.05, 4.69) is 50.8 Å². The number of carbonyl (C=O) groups excluding carboxylic acids is 1. The van der Waals surface area contributed by atoms with Crippen LogP contribution < -0.4 is 0 Å². The minimum absolute atomic E-state index is 0.144. The lowest BCUT2D eigenvalue weighted by atomic mass is 9.71. The number of likely N-dealkylation sites (tertiary alicyclic amines) is 1. The van der Waals surface area contributed by atoms with Gasteiger partial charge in [-0.3, -0.25) is 4.79 Å². The highest BCUT2D eigenvalue weighted by atomic mass is 16.2. The predicted octanol–water partition coefficient (Wildman–Crippen LogP) is 4.57. The number of rotatable bonds is 2. The van der Waals surface area contributed by atoms with Crippen LogP contribution in [0, 0.1) is 22.7 Å². The third kappa shape index (κ3) is 2.77. The van der Waals surface area contributed by atoms with Crippen molar-refractivity contribution in [2.75, 3.05) is 13.1 Å². The second kappa shape index (κ2) is 5.54. The van der Waals surface area contributed by atoms with E-state index in [0.717, 1.165) is 13.1 Å². The fraction of sp³-hybridized carbons (Fsp3) is 0.750. The summed E-state index contributed by atoms with van der Waals surface area (Å²) in [6, 6.07) is 0. The normalized spacial score (nSPS) is 36.3. The molecule has 1 saturated carbocycles. The molecule has 0 aromatic carbocycles. The van der Waals surface area contributed by atoms with Gasteiger partial charge in [-0.05, 0) is 62.7 Å². The Bertz CT molecular complexity index is 512. The average molecular weight is 301 g/mol. The Labute approximate surface area is 135 Å². The predicted molar refractivity (Wildman–Crippen MR) is 91.4 cm³/mol. The van der Waals surface area contributed by atoms with Crippen molar-refractivity contribution in [1.82, 2.24) is 4.90 Å². The smallest absolute Gasteiger partial charge is 0.226 e. The van der Waals surface area contributed by atoms with Gasteiger partial charge in [-0.15, -0.1) is 0 Å². The van der Waals surface area contributed by atoms with Crippen molar-refractivity contribution in [1.29, 1.82) is 0 Å². The SMILES string of the molecule is CC(C)=CC1C(C(=O)N2CCCC3(CC=CCC3)C2)C1(C)C. The number of hydrogen-bond donors (Lipinski definition) is 0. The van der Waals surface area contributed by atoms with Gasteiger partial charge in [0, 0.05) is 13.1 Å². The molecule has 2 aliphatic carbocycles. The number of allylic oxidation sites excluding steroid dienone is 4. The first-order valence-corrected chi connectivity index (χ1v) is 8.95. The molecule has 22 heavy (non-hydrogen) atoms. The molecule has 1 heterocycles. The van der Waals surface area contributed by atoms with Gasteiger partial charge in [-0.25, -0.2) is 0 Å². The molecule has 3 aliphatic rings. The Morgan fingerprint density at radius 2 is 2.00 bits per heavy atom. The van der Waals surface area contributed by atoms with Gasteiger partial charge >= 0.3 is 0 Å². The third-order valence-corrected chi connectivity index (χ3v) is 6.22. The molecule has 1 spiro atoms. The van der Waals surface area contributed by atoms with Crippen LogP contribution >= 0.6 is 0 Å². The zero-order valence-electron chi connectivity index (χ0n) is 14.7. The molecule has 1 amide bonds. The first-order chi connectivity index (χ1) is 10.4. The second-order valence-corrected chi connectivity index (χ2v) is 8.65. The van der Waals surface area contributed by atoms with E-state index >= 15 is 0 Å². The minimum Gasteiger partial charge on any atom is -0.342 e. The van der Waals surface area contributed by atoms with Crippen molar-refractivity contribution >= 4 is 5.91 Å². The number of carbonyl (C=O) groups is 1. The Morgan fingerprint density at radius 3 is 2.64 bits per heavy atom. The molecule has 0 aromatic heterocycles. The van der Waals surface area contributed by atoms with E-state index < -0.39 is 0 Å². The lowest BCUT2D eigenvalue weighted by Crippen LogP contribution is -2.47. The summed E-state index contributed by atoms with van der Waals surface area (Å²) in [5.41, 5.74) is 1.86. The van der Waals surface area contributed by atoms with Gasteiger partial charge in [-0.2, -0.15) is 0 Å². The van der Waals surface area contributed by atoms with Crippen LogP contribution in [0.25, 0.3) is 0 Å². The van der Waals surface area contributed by atoms with Gasteiger partial charge in [0.1, 0.15) is 0 Å². The maximum atomic E-state index is 13.1. The van der Waals surface area contributed by atoms with Crippen LogP contribution in [0.5, 0.6) is 0 Å². The van der Waals surface area contributed by atoms with Gasteiger partial charge in [0.15, 0.2) is 0 Å². The van der Waals surface area contributed by atoms with Crippen LogP contribution in [0.4, 0.5) is 0 Å². The standard InChI is InChI=1S/C20H31NO/c1-15(2)13-16-17(19(16,3)4)18(22)21-12-8-11-20(14-21)9-6-5-7-10-20/h5-6,13,16-17H,7-12,14H2,1-4H3. The van der Waals surface area contributed by atoms with E-state index in [1.165, 1.54) is 37.7 Å². The molecule has 1 aliphatic heterocycles. The monoisotopic (exact) mass is 301 g/mol. The maximum absolute atomic E-state index is 13.1. The lowest BCUT2D eigenvalue weighted by molar-refractivity contribution is -0.137. The molecule has 3 rings (SSSR count). The number of nitrogens with zero attached hydrogens (tertiary/aromatic N) is 1. The Kier molecular flexibility index (Phi) is 3.99. The van der Waals surface area contributed by atoms with E-state index in [9.17, 15) is 4.79 Å². The summed E-state index contributed by atoms with van der Waals surface area (Å²) in [6.07, 6.45) is 13.1. The molecule has 3 atom stereocenters. The minimum atomic E-state index is 0.144. The van der Waals surface area contributed by atoms with Crippen LogP contribution in [-0.4, -0.2) is 23.9 Å². The van der Waals surface area contributed by atoms with Crippen molar-refractivity contribution < 1.29 is 4.79 Å². The fourth-order valence-corrected chi connectivity index (χ4v) is 4.73. The van der Waals surface area contributed by atoms with Gasteiger partial charge in [0.25, 0.3) is 0 Å². The first-order valence-electron chi connectivity index (χ1n) is 8.95. The van der Waals surface area contributed by atoms with E-state index in [-0.39, 0.29) is 11.3 Å². The molecule has 0 bridgehead atoms. The molecule has 3 unspecified atom stereocenters. The number of amides is 1. The summed E-state index contributed by atoms with van der Waals surface area (Å²) in [5, 5.41) is 0. The van der Waals surface area contributed by atoms with Crippen molar-refractivity contribution in [3.63, 3.8) is 0 Å². The fourth-order valence-electron chi connectivity index (χ4n) is 4.73. The number of piperidine rings is 1. The molecule has 0 radical (unpaired) electrons. The van der Waals surface area contributed by atoms with Crippen LogP contribution in [0.1, 0.15) is 59.8 Å². The Hall–Kier alpha value is -1.05. The molecule has 1 saturated heterocycles. The van der Waals surface area contributed by atoms with Crippen LogP contribution in [-0.2, 0) is 4.79 Å². The molecule has 0 aromatic rings. The molecule has 0 N–H and O–H groups in total. The van der Waals surface area contributed by atoms with E-state index in [4.69, 9.17) is 0 Å². The molecule has 2 nitrogen and oxygen atoms in total. The van der Waals surface area contributed by atoms with E-state index in [0.29, 0.717) is 17.2 Å². The molecular weight excluding hydrogens is 270 g/mol. The molecule has 2 fully saturated rings. The zero-order valence-corrected chi connectivity index (χ0v) is 14.7. The third-order valence-electron chi connectivity index (χ3n) is 6.22. The highest BCUT2D eigenvalue weighted by molar-refractivity contribution is 5.84. The number of hydrogen-bond acceptors (Lipinski definition) is 1. The highest BCUT2D eigenvalue weighted by Crippen LogP contribution is 2.60. The summed E-state index contributed by atoms with van der Waals surface area (Å²) < 4.78 is 0. The van der Waals surface area contributed by atoms with Gasteiger partial charge < -0.3 is 4.90 Å². The van der Waals surface area contributed by atoms with Crippen LogP contribution in [0.2, 0.25) is 0 Å². The van der Waals surface area contributed by atoms with Crippen LogP contribution in [0.3, 0.4) is 0 Å². The second-order valence-electron chi connectivity index (χ2n) is 8.65. The summed E-state index contributed by atoms with van der Waals surface area (Å²) in [6.45, 7) is 10.7. The van der Waals surface area contributed by atoms with E-state index in [1.54, 1.807) is 0 Å². The first kappa shape index (κ1) is 15.8. The lowest BCUT2D eigenvalue weighted by Gasteiger charge is -2.44. The van der Waals surface area contributed by atoms with Gasteiger partial charge in [0.05, 0.1) is 5.92 Å². The average Bonchev–Trinajstić information content (AvgIpc) is 2.99. The highest BCUT2D eigenvalue weighted by Gasteiger charge is 2.61. The molecular formula is C20H31NO.